The Morgan fingerprint density at radius 3 is 2.28 bits per heavy atom. The van der Waals surface area contributed by atoms with Crippen LogP contribution < -0.4 is 19.9 Å². The first-order chi connectivity index (χ1) is 11.9. The van der Waals surface area contributed by atoms with Crippen molar-refractivity contribution < 1.29 is 14.2 Å². The van der Waals surface area contributed by atoms with Crippen molar-refractivity contribution in [2.75, 3.05) is 20.8 Å². The number of nitrogens with two attached hydrogens (primary N) is 1. The first-order valence-electron chi connectivity index (χ1n) is 8.12. The summed E-state index contributed by atoms with van der Waals surface area (Å²) in [6.45, 7) is 4.40. The number of thiophene rings is 1. The minimum absolute atomic E-state index is 0.137. The average molecular weight is 359 g/mol. The molecule has 1 aromatic carbocycles. The van der Waals surface area contributed by atoms with Crippen LogP contribution >= 0.6 is 11.3 Å². The third-order valence-electron chi connectivity index (χ3n) is 3.52. The molecule has 1 aromatic heterocycles. The van der Waals surface area contributed by atoms with E-state index in [0.29, 0.717) is 23.9 Å². The van der Waals surface area contributed by atoms with Crippen molar-refractivity contribution in [3.05, 3.63) is 40.1 Å². The molecule has 0 spiro atoms. The molecule has 5 heteroatoms. The zero-order chi connectivity index (χ0) is 18.3. The van der Waals surface area contributed by atoms with E-state index in [0.717, 1.165) is 17.7 Å². The lowest BCUT2D eigenvalue weighted by Crippen LogP contribution is -2.32. The van der Waals surface area contributed by atoms with Crippen molar-refractivity contribution in [3.63, 3.8) is 0 Å². The minimum Gasteiger partial charge on any atom is -0.496 e. The molecule has 0 amide bonds. The fourth-order valence-corrected chi connectivity index (χ4v) is 3.01. The van der Waals surface area contributed by atoms with Gasteiger partial charge in [0.25, 0.3) is 0 Å². The van der Waals surface area contributed by atoms with E-state index in [4.69, 9.17) is 19.9 Å². The van der Waals surface area contributed by atoms with Crippen LogP contribution in [-0.2, 0) is 6.42 Å². The Hall–Kier alpha value is -2.16. The highest BCUT2D eigenvalue weighted by atomic mass is 32.1. The summed E-state index contributed by atoms with van der Waals surface area (Å²) in [7, 11) is 3.22. The number of rotatable bonds is 7. The molecule has 2 N–H and O–H groups in total. The first kappa shape index (κ1) is 19.2. The lowest BCUT2D eigenvalue weighted by atomic mass is 10.00. The molecule has 134 valence electrons. The van der Waals surface area contributed by atoms with Crippen molar-refractivity contribution in [2.24, 2.45) is 5.73 Å². The minimum atomic E-state index is -0.137. The second-order valence-corrected chi connectivity index (χ2v) is 7.56. The van der Waals surface area contributed by atoms with E-state index in [2.05, 4.69) is 17.9 Å². The van der Waals surface area contributed by atoms with Gasteiger partial charge in [-0.15, -0.1) is 11.3 Å². The molecule has 0 bridgehead atoms. The summed E-state index contributed by atoms with van der Waals surface area (Å²) in [5, 5.41) is 0. The van der Waals surface area contributed by atoms with Crippen LogP contribution in [0.5, 0.6) is 17.2 Å². The molecule has 0 atom stereocenters. The highest BCUT2D eigenvalue weighted by molar-refractivity contribution is 7.12. The van der Waals surface area contributed by atoms with Gasteiger partial charge < -0.3 is 19.9 Å². The summed E-state index contributed by atoms with van der Waals surface area (Å²) in [6.07, 6.45) is 1.94. The Morgan fingerprint density at radius 2 is 1.68 bits per heavy atom. The predicted octanol–water partition coefficient (Wildman–Crippen LogP) is 3.87. The standard InChI is InChI=1S/C20H25NO3S/c1-20(2,21)10-9-19-8-7-18(25-19)6-5-11-24-17-13-15(22-3)12-16(14-17)23-4/h7-8,12-14H,9-11,21H2,1-4H3. The van der Waals surface area contributed by atoms with Crippen LogP contribution in [0.3, 0.4) is 0 Å². The van der Waals surface area contributed by atoms with Gasteiger partial charge >= 0.3 is 0 Å². The van der Waals surface area contributed by atoms with Crippen molar-refractivity contribution in [2.45, 2.75) is 32.2 Å². The third-order valence-corrected chi connectivity index (χ3v) is 4.59. The molecular weight excluding hydrogens is 334 g/mol. The molecular formula is C20H25NO3S. The fourth-order valence-electron chi connectivity index (χ4n) is 2.13. The maximum Gasteiger partial charge on any atom is 0.149 e. The van der Waals surface area contributed by atoms with Gasteiger partial charge in [0.05, 0.1) is 19.1 Å². The Balaban J connectivity index is 1.90. The maximum atomic E-state index is 6.03. The summed E-state index contributed by atoms with van der Waals surface area (Å²) in [5.74, 6) is 8.23. The molecule has 0 radical (unpaired) electrons. The Morgan fingerprint density at radius 1 is 1.04 bits per heavy atom. The molecule has 2 aromatic rings. The second-order valence-electron chi connectivity index (χ2n) is 6.39. The van der Waals surface area contributed by atoms with Crippen LogP contribution in [0.1, 0.15) is 30.0 Å². The third kappa shape index (κ3) is 6.69. The summed E-state index contributed by atoms with van der Waals surface area (Å²) < 4.78 is 16.1. The van der Waals surface area contributed by atoms with E-state index >= 15 is 0 Å². The van der Waals surface area contributed by atoms with Crippen LogP contribution in [0.4, 0.5) is 0 Å². The van der Waals surface area contributed by atoms with E-state index in [1.165, 1.54) is 4.88 Å². The van der Waals surface area contributed by atoms with Crippen molar-refractivity contribution in [1.29, 1.82) is 0 Å². The Labute approximate surface area is 153 Å². The van der Waals surface area contributed by atoms with Gasteiger partial charge in [-0.05, 0) is 38.8 Å². The molecule has 0 aliphatic carbocycles. The van der Waals surface area contributed by atoms with Gasteiger partial charge in [-0.25, -0.2) is 0 Å². The van der Waals surface area contributed by atoms with E-state index in [-0.39, 0.29) is 5.54 Å². The molecule has 0 saturated carbocycles. The van der Waals surface area contributed by atoms with E-state index < -0.39 is 0 Å². The summed E-state index contributed by atoms with van der Waals surface area (Å²) in [6, 6.07) is 9.58. The molecule has 2 rings (SSSR count). The van der Waals surface area contributed by atoms with Gasteiger partial charge in [-0.1, -0.05) is 11.8 Å². The van der Waals surface area contributed by atoms with Crippen LogP contribution in [0, 0.1) is 11.8 Å². The SMILES string of the molecule is COc1cc(OC)cc(OCC#Cc2ccc(CCC(C)(C)N)s2)c1. The van der Waals surface area contributed by atoms with Crippen LogP contribution in [0.15, 0.2) is 30.3 Å². The van der Waals surface area contributed by atoms with Gasteiger partial charge in [-0.2, -0.15) is 0 Å². The Bertz CT molecular complexity index is 728. The number of methoxy groups -OCH3 is 2. The molecule has 1 heterocycles. The normalized spacial score (nSPS) is 10.8. The van der Waals surface area contributed by atoms with Gasteiger partial charge in [0.2, 0.25) is 0 Å². The predicted molar refractivity (Wildman–Crippen MR) is 103 cm³/mol. The second kappa shape index (κ2) is 8.80. The highest BCUT2D eigenvalue weighted by Crippen LogP contribution is 2.27. The topological polar surface area (TPSA) is 53.7 Å². The fraction of sp³-hybridized carbons (Fsp3) is 0.400. The van der Waals surface area contributed by atoms with Gasteiger partial charge in [0.1, 0.15) is 23.9 Å². The lowest BCUT2D eigenvalue weighted by molar-refractivity contribution is 0.353. The van der Waals surface area contributed by atoms with Crippen LogP contribution in [0.25, 0.3) is 0 Å². The van der Waals surface area contributed by atoms with Gasteiger partial charge in [0, 0.05) is 28.6 Å². The van der Waals surface area contributed by atoms with E-state index in [9.17, 15) is 0 Å². The van der Waals surface area contributed by atoms with Crippen molar-refractivity contribution in [3.8, 4) is 29.1 Å². The molecule has 0 fully saturated rings. The molecule has 4 nitrogen and oxygen atoms in total. The summed E-state index contributed by atoms with van der Waals surface area (Å²) in [5.41, 5.74) is 5.89. The van der Waals surface area contributed by atoms with Gasteiger partial charge in [0.15, 0.2) is 0 Å². The summed E-state index contributed by atoms with van der Waals surface area (Å²) >= 11 is 1.71. The van der Waals surface area contributed by atoms with Gasteiger partial charge in [-0.3, -0.25) is 0 Å². The molecule has 25 heavy (non-hydrogen) atoms. The molecule has 0 unspecified atom stereocenters. The zero-order valence-corrected chi connectivity index (χ0v) is 16.0. The number of aryl methyl sites for hydroxylation is 1. The number of hydrogen-bond donors (Lipinski definition) is 1. The smallest absolute Gasteiger partial charge is 0.149 e. The Kier molecular flexibility index (Phi) is 6.74. The number of hydrogen-bond acceptors (Lipinski definition) is 5. The zero-order valence-electron chi connectivity index (χ0n) is 15.2. The highest BCUT2D eigenvalue weighted by Gasteiger charge is 2.11. The quantitative estimate of drug-likeness (QED) is 0.763. The van der Waals surface area contributed by atoms with Crippen molar-refractivity contribution in [1.82, 2.24) is 0 Å². The maximum absolute atomic E-state index is 6.03. The number of ether oxygens (including phenoxy) is 3. The largest absolute Gasteiger partial charge is 0.496 e. The molecule has 0 aliphatic rings. The van der Waals surface area contributed by atoms with E-state index in [1.54, 1.807) is 31.6 Å². The monoisotopic (exact) mass is 359 g/mol. The van der Waals surface area contributed by atoms with E-state index in [1.807, 2.05) is 32.0 Å². The van der Waals surface area contributed by atoms with Crippen molar-refractivity contribution >= 4 is 11.3 Å². The first-order valence-corrected chi connectivity index (χ1v) is 8.93. The summed E-state index contributed by atoms with van der Waals surface area (Å²) in [4.78, 5) is 2.35. The number of benzene rings is 1. The lowest BCUT2D eigenvalue weighted by Gasteiger charge is -2.17. The molecule has 0 aliphatic heterocycles. The van der Waals surface area contributed by atoms with Crippen LogP contribution in [0.2, 0.25) is 0 Å². The van der Waals surface area contributed by atoms with Crippen LogP contribution in [-0.4, -0.2) is 26.4 Å². The molecule has 0 saturated heterocycles. The average Bonchev–Trinajstić information content (AvgIpc) is 3.04.